The summed E-state index contributed by atoms with van der Waals surface area (Å²) < 4.78 is 22.5. The molecule has 7 heteroatoms. The summed E-state index contributed by atoms with van der Waals surface area (Å²) in [6.07, 6.45) is 19.6. The summed E-state index contributed by atoms with van der Waals surface area (Å²) in [6, 6.07) is 13.5. The topological polar surface area (TPSA) is 88.1 Å². The molecule has 0 amide bonds. The van der Waals surface area contributed by atoms with Crippen molar-refractivity contribution in [2.45, 2.75) is 103 Å². The van der Waals surface area contributed by atoms with Gasteiger partial charge in [0.05, 0.1) is 37.6 Å². The summed E-state index contributed by atoms with van der Waals surface area (Å²) in [6.45, 7) is 22.8. The maximum Gasteiger partial charge on any atom is 0.338 e. The third kappa shape index (κ3) is 18.2. The first-order valence-electron chi connectivity index (χ1n) is 19.5. The predicted molar refractivity (Wildman–Crippen MR) is 221 cm³/mol. The highest BCUT2D eigenvalue weighted by molar-refractivity contribution is 5.96. The fourth-order valence-electron chi connectivity index (χ4n) is 5.46. The fraction of sp³-hybridized carbons (Fsp3) is 0.426. The third-order valence-corrected chi connectivity index (χ3v) is 8.72. The Morgan fingerprint density at radius 3 is 1.72 bits per heavy atom. The maximum absolute atomic E-state index is 13.2. The van der Waals surface area contributed by atoms with E-state index in [0.717, 1.165) is 100 Å². The van der Waals surface area contributed by atoms with Gasteiger partial charge < -0.3 is 18.9 Å². The van der Waals surface area contributed by atoms with Gasteiger partial charge in [-0.3, -0.25) is 0 Å². The molecule has 0 radical (unpaired) electrons. The van der Waals surface area contributed by atoms with Crippen LogP contribution in [0.25, 0.3) is 16.9 Å². The highest BCUT2D eigenvalue weighted by Gasteiger charge is 2.17. The summed E-state index contributed by atoms with van der Waals surface area (Å²) in [4.78, 5) is 38.9. The standard InChI is InChI=1S/C47H62O7/c1-7-11-15-19-29-51-38(6)42-34-43(36-44(35-42)47(50)54-32-22-18-14-10-4)40-26-23-39(24-27-40)25-28-41(46(49)53-31-21-17-13-9-3)33-37(5)45(48)52-30-20-16-12-8-2/h7-9,23-24,26-27,33-36H,1-3,5-6,10-22,25,28-32H2,4H3/b41-33+. The number of carbonyl (C=O) groups excluding carboxylic acids is 3. The Balaban J connectivity index is 2.24. The first-order chi connectivity index (χ1) is 26.2. The molecule has 0 saturated heterocycles. The van der Waals surface area contributed by atoms with E-state index in [2.05, 4.69) is 39.8 Å². The normalized spacial score (nSPS) is 10.9. The van der Waals surface area contributed by atoms with E-state index in [1.54, 1.807) is 6.07 Å². The molecule has 0 aromatic heterocycles. The Kier molecular flexibility index (Phi) is 23.2. The number of rotatable bonds is 30. The average Bonchev–Trinajstić information content (AvgIpc) is 3.18. The van der Waals surface area contributed by atoms with Crippen molar-refractivity contribution in [3.05, 3.63) is 127 Å². The van der Waals surface area contributed by atoms with E-state index in [9.17, 15) is 14.4 Å². The highest BCUT2D eigenvalue weighted by Crippen LogP contribution is 2.28. The minimum Gasteiger partial charge on any atom is -0.494 e. The van der Waals surface area contributed by atoms with Gasteiger partial charge in [0.25, 0.3) is 0 Å². The lowest BCUT2D eigenvalue weighted by Gasteiger charge is -2.14. The van der Waals surface area contributed by atoms with E-state index in [1.807, 2.05) is 54.6 Å². The van der Waals surface area contributed by atoms with Gasteiger partial charge in [0.15, 0.2) is 0 Å². The van der Waals surface area contributed by atoms with E-state index in [-0.39, 0.29) is 24.8 Å². The molecule has 0 N–H and O–H groups in total. The molecule has 0 aliphatic carbocycles. The van der Waals surface area contributed by atoms with E-state index in [0.29, 0.717) is 48.5 Å². The smallest absolute Gasteiger partial charge is 0.338 e. The van der Waals surface area contributed by atoms with Crippen molar-refractivity contribution in [1.82, 2.24) is 0 Å². The van der Waals surface area contributed by atoms with E-state index >= 15 is 0 Å². The lowest BCUT2D eigenvalue weighted by atomic mass is 9.96. The molecule has 292 valence electrons. The number of carbonyl (C=O) groups is 3. The molecule has 0 heterocycles. The predicted octanol–water partition coefficient (Wildman–Crippen LogP) is 11.6. The molecule has 54 heavy (non-hydrogen) atoms. The third-order valence-electron chi connectivity index (χ3n) is 8.72. The maximum atomic E-state index is 13.2. The summed E-state index contributed by atoms with van der Waals surface area (Å²) in [5, 5.41) is 0. The second kappa shape index (κ2) is 27.7. The van der Waals surface area contributed by atoms with Crippen LogP contribution in [0.2, 0.25) is 0 Å². The highest BCUT2D eigenvalue weighted by atomic mass is 16.5. The first kappa shape index (κ1) is 45.2. The van der Waals surface area contributed by atoms with Crippen LogP contribution in [-0.4, -0.2) is 44.3 Å². The Labute approximate surface area is 324 Å². The second-order valence-electron chi connectivity index (χ2n) is 13.3. The van der Waals surface area contributed by atoms with Crippen molar-refractivity contribution < 1.29 is 33.3 Å². The number of hydrogen-bond acceptors (Lipinski definition) is 7. The molecule has 2 aromatic rings. The van der Waals surface area contributed by atoms with Gasteiger partial charge in [-0.25, -0.2) is 14.4 Å². The second-order valence-corrected chi connectivity index (χ2v) is 13.3. The van der Waals surface area contributed by atoms with Crippen LogP contribution in [0.4, 0.5) is 0 Å². The van der Waals surface area contributed by atoms with Crippen LogP contribution in [0.3, 0.4) is 0 Å². The van der Waals surface area contributed by atoms with Crippen LogP contribution in [0.1, 0.15) is 118 Å². The van der Waals surface area contributed by atoms with Crippen LogP contribution in [0.15, 0.2) is 111 Å². The van der Waals surface area contributed by atoms with Crippen molar-refractivity contribution in [1.29, 1.82) is 0 Å². The van der Waals surface area contributed by atoms with Gasteiger partial charge in [0, 0.05) is 11.1 Å². The fourth-order valence-corrected chi connectivity index (χ4v) is 5.46. The SMILES string of the molecule is C=CCCCCOC(=C)c1cc(C(=O)OCCCCCC)cc(-c2ccc(CC/C(=C\C(=C)C(=O)OCCCCC=C)C(=O)OCCCCC=C)cc2)c1. The minimum absolute atomic E-state index is 0.102. The Morgan fingerprint density at radius 2 is 1.13 bits per heavy atom. The number of ether oxygens (including phenoxy) is 4. The number of aryl methyl sites for hydroxylation is 1. The average molecular weight is 739 g/mol. The van der Waals surface area contributed by atoms with E-state index < -0.39 is 11.9 Å². The number of esters is 3. The van der Waals surface area contributed by atoms with Gasteiger partial charge in [-0.1, -0.05) is 81.8 Å². The van der Waals surface area contributed by atoms with Crippen molar-refractivity contribution in [3.63, 3.8) is 0 Å². The zero-order chi connectivity index (χ0) is 39.4. The summed E-state index contributed by atoms with van der Waals surface area (Å²) in [7, 11) is 0. The lowest BCUT2D eigenvalue weighted by molar-refractivity contribution is -0.139. The Hall–Kier alpha value is -4.91. The molecule has 0 saturated carbocycles. The van der Waals surface area contributed by atoms with E-state index in [1.165, 1.54) is 6.08 Å². The molecule has 2 rings (SSSR count). The van der Waals surface area contributed by atoms with Crippen molar-refractivity contribution in [2.24, 2.45) is 0 Å². The molecule has 7 nitrogen and oxygen atoms in total. The molecular weight excluding hydrogens is 677 g/mol. The van der Waals surface area contributed by atoms with Crippen LogP contribution in [0, 0.1) is 0 Å². The number of allylic oxidation sites excluding steroid dienone is 3. The van der Waals surface area contributed by atoms with Crippen LogP contribution < -0.4 is 0 Å². The molecular formula is C47H62O7. The van der Waals surface area contributed by atoms with Crippen molar-refractivity contribution in [3.8, 4) is 11.1 Å². The molecule has 0 spiro atoms. The molecule has 2 aromatic carbocycles. The molecule has 0 unspecified atom stereocenters. The van der Waals surface area contributed by atoms with E-state index in [4.69, 9.17) is 18.9 Å². The van der Waals surface area contributed by atoms with Crippen LogP contribution >= 0.6 is 0 Å². The van der Waals surface area contributed by atoms with Gasteiger partial charge in [0.2, 0.25) is 0 Å². The minimum atomic E-state index is -0.558. The van der Waals surface area contributed by atoms with Gasteiger partial charge in [-0.05, 0) is 118 Å². The molecule has 0 aliphatic heterocycles. The van der Waals surface area contributed by atoms with Crippen LogP contribution in [-0.2, 0) is 35.0 Å². The summed E-state index contributed by atoms with van der Waals surface area (Å²) in [5.41, 5.74) is 4.31. The number of hydrogen-bond donors (Lipinski definition) is 0. The van der Waals surface area contributed by atoms with Crippen molar-refractivity contribution >= 4 is 23.7 Å². The molecule has 0 atom stereocenters. The number of benzene rings is 2. The largest absolute Gasteiger partial charge is 0.494 e. The van der Waals surface area contributed by atoms with Gasteiger partial charge in [0.1, 0.15) is 5.76 Å². The van der Waals surface area contributed by atoms with Gasteiger partial charge >= 0.3 is 17.9 Å². The Bertz CT molecular complexity index is 1550. The van der Waals surface area contributed by atoms with Crippen molar-refractivity contribution in [2.75, 3.05) is 26.4 Å². The lowest BCUT2D eigenvalue weighted by Crippen LogP contribution is -2.13. The number of unbranched alkanes of at least 4 members (excludes halogenated alkanes) is 9. The zero-order valence-electron chi connectivity index (χ0n) is 32.7. The summed E-state index contributed by atoms with van der Waals surface area (Å²) >= 11 is 0. The van der Waals surface area contributed by atoms with Gasteiger partial charge in [-0.15, -0.1) is 19.7 Å². The summed E-state index contributed by atoms with van der Waals surface area (Å²) in [5.74, 6) is -0.920. The van der Waals surface area contributed by atoms with Crippen LogP contribution in [0.5, 0.6) is 0 Å². The first-order valence-corrected chi connectivity index (χ1v) is 19.5. The van der Waals surface area contributed by atoms with Gasteiger partial charge in [-0.2, -0.15) is 0 Å². The molecule has 0 aliphatic rings. The molecule has 0 fully saturated rings. The Morgan fingerprint density at radius 1 is 0.593 bits per heavy atom. The molecule has 0 bridgehead atoms. The monoisotopic (exact) mass is 738 g/mol. The zero-order valence-corrected chi connectivity index (χ0v) is 32.7. The quantitative estimate of drug-likeness (QED) is 0.0150.